The van der Waals surface area contributed by atoms with Crippen LogP contribution >= 0.6 is 0 Å². The van der Waals surface area contributed by atoms with Gasteiger partial charge >= 0.3 is 0 Å². The third-order valence-electron chi connectivity index (χ3n) is 3.86. The highest BCUT2D eigenvalue weighted by Crippen LogP contribution is 2.32. The van der Waals surface area contributed by atoms with Crippen LogP contribution in [0.5, 0.6) is 5.75 Å². The molecule has 0 aliphatic carbocycles. The third kappa shape index (κ3) is 3.69. The summed E-state index contributed by atoms with van der Waals surface area (Å²) in [6, 6.07) is 18.9. The normalized spacial score (nSPS) is 11.3. The lowest BCUT2D eigenvalue weighted by molar-refractivity contribution is -0.341. The monoisotopic (exact) mass is 357 g/mol. The van der Waals surface area contributed by atoms with Gasteiger partial charge in [-0.2, -0.15) is 0 Å². The van der Waals surface area contributed by atoms with Crippen LogP contribution in [0.4, 0.5) is 0 Å². The number of hydrogen-bond donors (Lipinski definition) is 1. The summed E-state index contributed by atoms with van der Waals surface area (Å²) in [5.74, 6) is 0.908. The Labute approximate surface area is 144 Å². The molecule has 0 bridgehead atoms. The Morgan fingerprint density at radius 1 is 0.920 bits per heavy atom. The van der Waals surface area contributed by atoms with Gasteiger partial charge in [0.25, 0.3) is 0 Å². The van der Waals surface area contributed by atoms with Gasteiger partial charge in [-0.1, -0.05) is 24.3 Å². The molecule has 128 valence electrons. The van der Waals surface area contributed by atoms with Crippen molar-refractivity contribution in [3.8, 4) is 5.75 Å². The largest absolute Gasteiger partial charge is 0.726 e. The molecule has 0 fully saturated rings. The summed E-state index contributed by atoms with van der Waals surface area (Å²) in [6.45, 7) is 0. The Morgan fingerprint density at radius 3 is 2.24 bits per heavy atom. The minimum atomic E-state index is -4.92. The van der Waals surface area contributed by atoms with E-state index in [0.717, 1.165) is 16.7 Å². The quantitative estimate of drug-likeness (QED) is 0.321. The summed E-state index contributed by atoms with van der Waals surface area (Å²) in [6.07, 6.45) is 2.07. The number of hydrogen-bond acceptors (Lipinski definition) is 4. The van der Waals surface area contributed by atoms with Crippen LogP contribution in [-0.2, 0) is 10.4 Å². The summed E-state index contributed by atoms with van der Waals surface area (Å²) in [4.78, 5) is 3.43. The zero-order chi connectivity index (χ0) is 18.0. The van der Waals surface area contributed by atoms with E-state index in [9.17, 15) is 0 Å². The second-order valence-electron chi connectivity index (χ2n) is 5.35. The van der Waals surface area contributed by atoms with Crippen molar-refractivity contribution in [1.29, 1.82) is 0 Å². The van der Waals surface area contributed by atoms with Gasteiger partial charge in [0.05, 0.1) is 17.9 Å². The molecule has 0 spiro atoms. The van der Waals surface area contributed by atoms with Gasteiger partial charge in [-0.3, -0.25) is 4.55 Å². The zero-order valence-corrected chi connectivity index (χ0v) is 14.1. The van der Waals surface area contributed by atoms with Gasteiger partial charge in [0.2, 0.25) is 15.9 Å². The highest BCUT2D eigenvalue weighted by Gasteiger charge is 2.12. The van der Waals surface area contributed by atoms with Gasteiger partial charge in [0, 0.05) is 16.2 Å². The van der Waals surface area contributed by atoms with Crippen molar-refractivity contribution >= 4 is 42.8 Å². The molecule has 1 heterocycles. The number of ether oxygens (including phenoxy) is 1. The minimum absolute atomic E-state index is 0.908. The molecule has 0 saturated heterocycles. The maximum absolute atomic E-state index is 8.63. The Kier molecular flexibility index (Phi) is 4.54. The van der Waals surface area contributed by atoms with Gasteiger partial charge in [0.1, 0.15) is 5.75 Å². The molecule has 0 radical (unpaired) electrons. The van der Waals surface area contributed by atoms with Crippen molar-refractivity contribution in [2.45, 2.75) is 0 Å². The number of fused-ring (bicyclic) bond motifs is 5. The van der Waals surface area contributed by atoms with Crippen LogP contribution in [0, 0.1) is 0 Å². The first-order chi connectivity index (χ1) is 11.9. The fourth-order valence-electron chi connectivity index (χ4n) is 2.91. The molecule has 0 aliphatic rings. The molecule has 4 rings (SSSR count). The molecule has 4 aromatic rings. The standard InChI is InChI=1S/C18H13NO.H2O4S/c1-20-17-8-4-7-15-14(17)9-10-16-13-6-3-2-5-12(13)11-19-18(15)16;1-5(2,3)4/h2-11H,1H3;(H2,1,2,3,4). The predicted octanol–water partition coefficient (Wildman–Crippen LogP) is 2.97. The molecule has 0 aliphatic heterocycles. The number of benzene rings is 3. The molecule has 25 heavy (non-hydrogen) atoms. The number of methoxy groups -OCH3 is 1. The second kappa shape index (κ2) is 6.64. The molecular formula is C18H15NO5S. The lowest BCUT2D eigenvalue weighted by Crippen LogP contribution is -2.03. The maximum Gasteiger partial charge on any atom is 0.219 e. The number of H-pyrrole nitrogens is 1. The third-order valence-corrected chi connectivity index (χ3v) is 3.86. The van der Waals surface area contributed by atoms with E-state index >= 15 is 0 Å². The van der Waals surface area contributed by atoms with E-state index in [1.165, 1.54) is 21.5 Å². The van der Waals surface area contributed by atoms with E-state index in [-0.39, 0.29) is 0 Å². The molecule has 0 unspecified atom stereocenters. The Morgan fingerprint density at radius 2 is 1.52 bits per heavy atom. The lowest BCUT2D eigenvalue weighted by Gasteiger charge is -2.06. The van der Waals surface area contributed by atoms with E-state index in [1.54, 1.807) is 7.11 Å². The molecule has 7 heteroatoms. The maximum atomic E-state index is 8.63. The summed E-state index contributed by atoms with van der Waals surface area (Å²) in [5.41, 5.74) is 1.15. The predicted molar refractivity (Wildman–Crippen MR) is 94.4 cm³/mol. The number of aromatic nitrogens is 1. The van der Waals surface area contributed by atoms with E-state index in [2.05, 4.69) is 53.6 Å². The number of rotatable bonds is 1. The minimum Gasteiger partial charge on any atom is -0.726 e. The van der Waals surface area contributed by atoms with Gasteiger partial charge < -0.3 is 9.29 Å². The van der Waals surface area contributed by atoms with Crippen LogP contribution in [0.15, 0.2) is 60.8 Å². The molecule has 2 N–H and O–H groups in total. The van der Waals surface area contributed by atoms with Crippen molar-refractivity contribution in [3.63, 3.8) is 0 Å². The fraction of sp³-hybridized carbons (Fsp3) is 0.0556. The molecular weight excluding hydrogens is 342 g/mol. The topological polar surface area (TPSA) is 101 Å². The van der Waals surface area contributed by atoms with Crippen molar-refractivity contribution in [2.24, 2.45) is 0 Å². The van der Waals surface area contributed by atoms with E-state index in [4.69, 9.17) is 22.3 Å². The summed E-state index contributed by atoms with van der Waals surface area (Å²) < 4.78 is 38.3. The Bertz CT molecular complexity index is 1160. The first-order valence-electron chi connectivity index (χ1n) is 7.35. The summed E-state index contributed by atoms with van der Waals surface area (Å²) in [5, 5.41) is 6.05. The molecule has 0 saturated carbocycles. The van der Waals surface area contributed by atoms with Crippen LogP contribution in [0.1, 0.15) is 0 Å². The van der Waals surface area contributed by atoms with Gasteiger partial charge in [0.15, 0.2) is 6.20 Å². The van der Waals surface area contributed by atoms with Crippen molar-refractivity contribution in [3.05, 3.63) is 60.8 Å². The fourth-order valence-corrected chi connectivity index (χ4v) is 2.91. The smallest absolute Gasteiger partial charge is 0.219 e. The summed E-state index contributed by atoms with van der Waals surface area (Å²) in [7, 11) is -3.21. The average Bonchev–Trinajstić information content (AvgIpc) is 2.59. The SMILES string of the molecule is COc1cccc2c1ccc1c3ccccc3c[nH+]c21.O=S(=O)([O-])O. The van der Waals surface area contributed by atoms with Crippen molar-refractivity contribution in [1.82, 2.24) is 0 Å². The highest BCUT2D eigenvalue weighted by atomic mass is 32.3. The lowest BCUT2D eigenvalue weighted by atomic mass is 10.0. The van der Waals surface area contributed by atoms with Crippen molar-refractivity contribution < 1.29 is 27.2 Å². The van der Waals surface area contributed by atoms with Crippen LogP contribution in [0.2, 0.25) is 0 Å². The van der Waals surface area contributed by atoms with E-state index in [0.29, 0.717) is 0 Å². The van der Waals surface area contributed by atoms with Crippen LogP contribution in [0.3, 0.4) is 0 Å². The van der Waals surface area contributed by atoms with Crippen LogP contribution in [-0.4, -0.2) is 24.6 Å². The first kappa shape index (κ1) is 17.1. The molecule has 6 nitrogen and oxygen atoms in total. The van der Waals surface area contributed by atoms with Crippen molar-refractivity contribution in [2.75, 3.05) is 7.11 Å². The molecule has 0 atom stereocenters. The Balaban J connectivity index is 0.000000324. The van der Waals surface area contributed by atoms with Crippen LogP contribution in [0.25, 0.3) is 32.4 Å². The van der Waals surface area contributed by atoms with E-state index in [1.807, 2.05) is 12.1 Å². The number of pyridine rings is 1. The highest BCUT2D eigenvalue weighted by molar-refractivity contribution is 7.79. The number of nitrogens with one attached hydrogen (secondary N) is 1. The van der Waals surface area contributed by atoms with Gasteiger partial charge in [-0.25, -0.2) is 13.4 Å². The van der Waals surface area contributed by atoms with Gasteiger partial charge in [-0.05, 0) is 30.3 Å². The van der Waals surface area contributed by atoms with Crippen LogP contribution < -0.4 is 9.72 Å². The molecule has 0 amide bonds. The number of aromatic amines is 1. The Hall–Kier alpha value is -2.74. The summed E-state index contributed by atoms with van der Waals surface area (Å²) >= 11 is 0. The molecule has 3 aromatic carbocycles. The van der Waals surface area contributed by atoms with Gasteiger partial charge in [-0.15, -0.1) is 0 Å². The average molecular weight is 357 g/mol. The first-order valence-corrected chi connectivity index (χ1v) is 8.72. The van der Waals surface area contributed by atoms with E-state index < -0.39 is 10.4 Å². The second-order valence-corrected chi connectivity index (χ2v) is 6.20. The molecule has 1 aromatic heterocycles. The zero-order valence-electron chi connectivity index (χ0n) is 13.3.